The summed E-state index contributed by atoms with van der Waals surface area (Å²) in [4.78, 5) is 12.1. The number of nitrogens with one attached hydrogen (secondary N) is 1. The van der Waals surface area contributed by atoms with Gasteiger partial charge in [-0.3, -0.25) is 4.79 Å². The lowest BCUT2D eigenvalue weighted by molar-refractivity contribution is -0.137. The first-order valence-corrected chi connectivity index (χ1v) is 13.8. The Morgan fingerprint density at radius 2 is 1.84 bits per heavy atom. The lowest BCUT2D eigenvalue weighted by Crippen LogP contribution is -2.25. The van der Waals surface area contributed by atoms with E-state index in [9.17, 15) is 18.3 Å². The van der Waals surface area contributed by atoms with Crippen LogP contribution in [-0.4, -0.2) is 41.6 Å². The van der Waals surface area contributed by atoms with Crippen molar-refractivity contribution >= 4 is 27.0 Å². The van der Waals surface area contributed by atoms with Gasteiger partial charge in [0.1, 0.15) is 16.8 Å². The van der Waals surface area contributed by atoms with Crippen molar-refractivity contribution in [3.8, 4) is 5.75 Å². The molecule has 0 aliphatic rings. The molecule has 0 aliphatic heterocycles. The predicted octanol–water partition coefficient (Wildman–Crippen LogP) is 4.49. The van der Waals surface area contributed by atoms with Gasteiger partial charge in [0.2, 0.25) is 10.0 Å². The second-order valence-corrected chi connectivity index (χ2v) is 11.4. The van der Waals surface area contributed by atoms with Gasteiger partial charge in [-0.25, -0.2) is 17.8 Å². The van der Waals surface area contributed by atoms with Crippen molar-refractivity contribution in [1.82, 2.24) is 19.7 Å². The van der Waals surface area contributed by atoms with E-state index in [0.717, 1.165) is 27.8 Å². The Morgan fingerprint density at radius 3 is 2.53 bits per heavy atom. The van der Waals surface area contributed by atoms with Crippen LogP contribution in [0.1, 0.15) is 59.9 Å². The maximum Gasteiger partial charge on any atom is 0.304 e. The van der Waals surface area contributed by atoms with Crippen LogP contribution in [0.15, 0.2) is 59.5 Å². The van der Waals surface area contributed by atoms with Crippen LogP contribution in [0.4, 0.5) is 0 Å². The number of sulfonamides is 1. The smallest absolute Gasteiger partial charge is 0.304 e. The van der Waals surface area contributed by atoms with Crippen LogP contribution >= 0.6 is 0 Å². The molecule has 4 rings (SSSR count). The summed E-state index contributed by atoms with van der Waals surface area (Å²) in [6, 6.07) is 16.2. The summed E-state index contributed by atoms with van der Waals surface area (Å²) in [7, 11) is -0.454. The molecule has 1 heterocycles. The molecule has 38 heavy (non-hydrogen) atoms. The first-order valence-electron chi connectivity index (χ1n) is 12.3. The zero-order valence-electron chi connectivity index (χ0n) is 22.1. The highest BCUT2D eigenvalue weighted by molar-refractivity contribution is 7.89. The Balaban J connectivity index is 1.70. The molecule has 0 aliphatic carbocycles. The average Bonchev–Trinajstić information content (AvgIpc) is 3.26. The van der Waals surface area contributed by atoms with Crippen LogP contribution in [0.25, 0.3) is 11.0 Å². The Kier molecular flexibility index (Phi) is 7.84. The number of nitrogens with zero attached hydrogens (tertiary/aromatic N) is 3. The van der Waals surface area contributed by atoms with E-state index in [4.69, 9.17) is 4.74 Å². The van der Waals surface area contributed by atoms with Gasteiger partial charge < -0.3 is 9.84 Å². The summed E-state index contributed by atoms with van der Waals surface area (Å²) in [5, 5.41) is 18.0. The van der Waals surface area contributed by atoms with E-state index in [1.807, 2.05) is 63.2 Å². The van der Waals surface area contributed by atoms with E-state index in [0.29, 0.717) is 16.8 Å². The number of carboxylic acids is 1. The quantitative estimate of drug-likeness (QED) is 0.306. The Labute approximate surface area is 222 Å². The summed E-state index contributed by atoms with van der Waals surface area (Å²) >= 11 is 0. The minimum Gasteiger partial charge on any atom is -0.494 e. The maximum absolute atomic E-state index is 13.2. The van der Waals surface area contributed by atoms with Gasteiger partial charge in [-0.05, 0) is 58.9 Å². The normalized spacial score (nSPS) is 12.7. The SMILES string of the molecule is COc1cc(C(CC(=O)O)c2ccc(C)c(CNS(=O)(=O)c3ccccc3C(C)C)c2)cc2nnn(C)c12. The van der Waals surface area contributed by atoms with Gasteiger partial charge >= 0.3 is 5.97 Å². The van der Waals surface area contributed by atoms with E-state index in [-0.39, 0.29) is 23.8 Å². The second kappa shape index (κ2) is 10.9. The molecule has 0 saturated carbocycles. The van der Waals surface area contributed by atoms with Gasteiger partial charge in [-0.15, -0.1) is 5.10 Å². The molecule has 0 saturated heterocycles. The molecule has 4 aromatic rings. The molecule has 200 valence electrons. The molecule has 10 heteroatoms. The highest BCUT2D eigenvalue weighted by Gasteiger charge is 2.23. The lowest BCUT2D eigenvalue weighted by atomic mass is 9.86. The fourth-order valence-corrected chi connectivity index (χ4v) is 6.06. The standard InChI is InChI=1S/C28H32N4O5S/c1-17(2)22-8-6-7-9-26(22)38(35,36)29-16-21-12-19(11-10-18(21)3)23(15-27(33)34)20-13-24-28(25(14-20)37-5)32(4)31-30-24/h6-14,17,23,29H,15-16H2,1-5H3,(H,33,34). The van der Waals surface area contributed by atoms with Crippen molar-refractivity contribution < 1.29 is 23.1 Å². The third kappa shape index (κ3) is 5.56. The van der Waals surface area contributed by atoms with Crippen molar-refractivity contribution in [2.45, 2.75) is 50.5 Å². The molecule has 0 spiro atoms. The topological polar surface area (TPSA) is 123 Å². The van der Waals surface area contributed by atoms with E-state index in [1.165, 1.54) is 0 Å². The van der Waals surface area contributed by atoms with Crippen LogP contribution in [0.3, 0.4) is 0 Å². The maximum atomic E-state index is 13.2. The molecule has 1 atom stereocenters. The van der Waals surface area contributed by atoms with E-state index in [2.05, 4.69) is 15.0 Å². The number of ether oxygens (including phenoxy) is 1. The lowest BCUT2D eigenvalue weighted by Gasteiger charge is -2.20. The van der Waals surface area contributed by atoms with Crippen molar-refractivity contribution in [1.29, 1.82) is 0 Å². The van der Waals surface area contributed by atoms with Gasteiger partial charge in [0.25, 0.3) is 0 Å². The molecule has 0 bridgehead atoms. The number of aliphatic carboxylic acids is 1. The second-order valence-electron chi connectivity index (χ2n) is 9.66. The highest BCUT2D eigenvalue weighted by atomic mass is 32.2. The predicted molar refractivity (Wildman–Crippen MR) is 145 cm³/mol. The number of benzene rings is 3. The van der Waals surface area contributed by atoms with Crippen LogP contribution < -0.4 is 9.46 Å². The molecular formula is C28H32N4O5S. The van der Waals surface area contributed by atoms with Crippen LogP contribution in [0.5, 0.6) is 5.75 Å². The summed E-state index contributed by atoms with van der Waals surface area (Å²) in [5.74, 6) is -0.871. The third-order valence-corrected chi connectivity index (χ3v) is 8.22. The number of hydrogen-bond donors (Lipinski definition) is 2. The number of aryl methyl sites for hydroxylation is 2. The number of carbonyl (C=O) groups is 1. The number of fused-ring (bicyclic) bond motifs is 1. The van der Waals surface area contributed by atoms with Crippen molar-refractivity contribution in [2.75, 3.05) is 7.11 Å². The number of carboxylic acid groups (broad SMARTS) is 1. The molecule has 1 aromatic heterocycles. The molecule has 3 aromatic carbocycles. The van der Waals surface area contributed by atoms with Crippen molar-refractivity contribution in [2.24, 2.45) is 7.05 Å². The Morgan fingerprint density at radius 1 is 1.11 bits per heavy atom. The van der Waals surface area contributed by atoms with Gasteiger partial charge in [0, 0.05) is 19.5 Å². The van der Waals surface area contributed by atoms with Gasteiger partial charge in [-0.2, -0.15) is 0 Å². The zero-order valence-corrected chi connectivity index (χ0v) is 22.9. The first-order chi connectivity index (χ1) is 18.0. The van der Waals surface area contributed by atoms with E-state index in [1.54, 1.807) is 31.0 Å². The fraction of sp³-hybridized carbons (Fsp3) is 0.321. The van der Waals surface area contributed by atoms with Crippen LogP contribution in [0.2, 0.25) is 0 Å². The summed E-state index contributed by atoms with van der Waals surface area (Å²) in [6.45, 7) is 5.88. The fourth-order valence-electron chi connectivity index (χ4n) is 4.69. The van der Waals surface area contributed by atoms with Gasteiger partial charge in [-0.1, -0.05) is 55.5 Å². The largest absolute Gasteiger partial charge is 0.494 e. The third-order valence-electron chi connectivity index (χ3n) is 6.75. The van der Waals surface area contributed by atoms with E-state index < -0.39 is 21.9 Å². The molecule has 9 nitrogen and oxygen atoms in total. The average molecular weight is 537 g/mol. The van der Waals surface area contributed by atoms with Gasteiger partial charge in [0.15, 0.2) is 0 Å². The van der Waals surface area contributed by atoms with Gasteiger partial charge in [0.05, 0.1) is 18.4 Å². The first kappa shape index (κ1) is 27.3. The number of methoxy groups -OCH3 is 1. The molecule has 1 unspecified atom stereocenters. The highest BCUT2D eigenvalue weighted by Crippen LogP contribution is 2.35. The molecule has 0 fully saturated rings. The van der Waals surface area contributed by atoms with Crippen molar-refractivity contribution in [3.05, 3.63) is 82.4 Å². The molecule has 2 N–H and O–H groups in total. The molecule has 0 radical (unpaired) electrons. The van der Waals surface area contributed by atoms with Crippen LogP contribution in [-0.2, 0) is 28.4 Å². The number of rotatable bonds is 10. The Bertz CT molecular complexity index is 1590. The molecular weight excluding hydrogens is 504 g/mol. The van der Waals surface area contributed by atoms with Crippen LogP contribution in [0, 0.1) is 6.92 Å². The summed E-state index contributed by atoms with van der Waals surface area (Å²) < 4.78 is 36.3. The minimum atomic E-state index is -3.76. The zero-order chi connectivity index (χ0) is 27.6. The number of aromatic nitrogens is 3. The molecule has 0 amide bonds. The Hall–Kier alpha value is -3.76. The number of hydrogen-bond acceptors (Lipinski definition) is 6. The summed E-state index contributed by atoms with van der Waals surface area (Å²) in [6.07, 6.45) is -0.162. The summed E-state index contributed by atoms with van der Waals surface area (Å²) in [5.41, 5.74) is 5.19. The van der Waals surface area contributed by atoms with Crippen molar-refractivity contribution in [3.63, 3.8) is 0 Å². The van der Waals surface area contributed by atoms with E-state index >= 15 is 0 Å². The monoisotopic (exact) mass is 536 g/mol. The minimum absolute atomic E-state index is 0.0493.